The van der Waals surface area contributed by atoms with E-state index in [0.717, 1.165) is 54.0 Å². The Balaban J connectivity index is 1.75. The number of hydrogen-bond acceptors (Lipinski definition) is 3. The molecule has 0 fully saturated rings. The second kappa shape index (κ2) is 13.9. The molecule has 3 aromatic carbocycles. The summed E-state index contributed by atoms with van der Waals surface area (Å²) >= 11 is 1.49. The molecule has 2 N–H and O–H groups in total. The molecule has 0 aliphatic carbocycles. The molecule has 9 heteroatoms. The van der Waals surface area contributed by atoms with Crippen LogP contribution in [-0.2, 0) is 17.4 Å². The second-order valence-corrected chi connectivity index (χ2v) is 10.0. The predicted molar refractivity (Wildman–Crippen MR) is 145 cm³/mol. The molecule has 3 aromatic rings. The highest BCUT2D eigenvalue weighted by Gasteiger charge is 2.30. The largest absolute Gasteiger partial charge is 0.481 e. The quantitative estimate of drug-likeness (QED) is 0.224. The maximum absolute atomic E-state index is 13.2. The molecule has 202 valence electrons. The number of benzene rings is 3. The van der Waals surface area contributed by atoms with Crippen molar-refractivity contribution in [2.24, 2.45) is 0 Å². The van der Waals surface area contributed by atoms with E-state index < -0.39 is 23.7 Å². The zero-order valence-corrected chi connectivity index (χ0v) is 21.9. The van der Waals surface area contributed by atoms with E-state index in [9.17, 15) is 22.8 Å². The van der Waals surface area contributed by atoms with Crippen LogP contribution in [0.2, 0.25) is 0 Å². The normalized spacial score (nSPS) is 11.3. The lowest BCUT2D eigenvalue weighted by Gasteiger charge is -2.24. The molecule has 0 aliphatic rings. The molecule has 0 saturated heterocycles. The third-order valence-corrected chi connectivity index (χ3v) is 6.84. The number of halogens is 3. The molecule has 0 saturated carbocycles. The number of carboxylic acids is 1. The summed E-state index contributed by atoms with van der Waals surface area (Å²) in [6, 6.07) is 18.8. The first-order valence-electron chi connectivity index (χ1n) is 12.5. The van der Waals surface area contributed by atoms with Crippen LogP contribution >= 0.6 is 11.8 Å². The first kappa shape index (κ1) is 29.1. The Morgan fingerprint density at radius 2 is 1.58 bits per heavy atom. The summed E-state index contributed by atoms with van der Waals surface area (Å²) < 4.78 is 38.7. The van der Waals surface area contributed by atoms with E-state index in [-0.39, 0.29) is 12.1 Å². The molecule has 0 atom stereocenters. The number of rotatable bonds is 12. The number of hydrogen-bond donors (Lipinski definition) is 2. The van der Waals surface area contributed by atoms with Gasteiger partial charge >= 0.3 is 18.2 Å². The first-order chi connectivity index (χ1) is 18.2. The molecule has 0 aliphatic heterocycles. The Hall–Kier alpha value is -3.46. The zero-order valence-electron chi connectivity index (χ0n) is 21.1. The van der Waals surface area contributed by atoms with Crippen LogP contribution in [0.1, 0.15) is 50.2 Å². The van der Waals surface area contributed by atoms with Crippen molar-refractivity contribution in [2.75, 3.05) is 16.8 Å². The van der Waals surface area contributed by atoms with E-state index in [1.807, 2.05) is 36.4 Å². The van der Waals surface area contributed by atoms with Crippen LogP contribution in [0.15, 0.2) is 82.6 Å². The van der Waals surface area contributed by atoms with E-state index in [2.05, 4.69) is 12.2 Å². The maximum Gasteiger partial charge on any atom is 0.416 e. The van der Waals surface area contributed by atoms with Gasteiger partial charge < -0.3 is 10.4 Å². The number of carbonyl (C=O) groups excluding carboxylic acids is 1. The van der Waals surface area contributed by atoms with Gasteiger partial charge in [0.05, 0.1) is 12.0 Å². The van der Waals surface area contributed by atoms with Crippen molar-refractivity contribution < 1.29 is 27.9 Å². The van der Waals surface area contributed by atoms with Crippen molar-refractivity contribution in [1.82, 2.24) is 0 Å². The van der Waals surface area contributed by atoms with Gasteiger partial charge in [0, 0.05) is 27.7 Å². The molecule has 3 rings (SSSR count). The zero-order chi connectivity index (χ0) is 27.5. The monoisotopic (exact) mass is 544 g/mol. The Labute approximate surface area is 225 Å². The molecular formula is C29H31F3N2O3S. The number of aliphatic carboxylic acids is 1. The van der Waals surface area contributed by atoms with Gasteiger partial charge in [-0.1, -0.05) is 62.6 Å². The maximum atomic E-state index is 13.2. The van der Waals surface area contributed by atoms with E-state index in [0.29, 0.717) is 17.8 Å². The highest BCUT2D eigenvalue weighted by molar-refractivity contribution is 7.99. The Bertz CT molecular complexity index is 1200. The fourth-order valence-corrected chi connectivity index (χ4v) is 4.73. The van der Waals surface area contributed by atoms with Gasteiger partial charge in [-0.15, -0.1) is 0 Å². The Morgan fingerprint density at radius 3 is 2.21 bits per heavy atom. The van der Waals surface area contributed by atoms with Crippen molar-refractivity contribution in [3.8, 4) is 0 Å². The highest BCUT2D eigenvalue weighted by Crippen LogP contribution is 2.32. The lowest BCUT2D eigenvalue weighted by molar-refractivity contribution is -0.138. The van der Waals surface area contributed by atoms with E-state index in [1.54, 1.807) is 17.0 Å². The Kier molecular flexibility index (Phi) is 10.6. The third-order valence-electron chi connectivity index (χ3n) is 5.84. The molecule has 2 amide bonds. The minimum Gasteiger partial charge on any atom is -0.481 e. The van der Waals surface area contributed by atoms with E-state index in [1.165, 1.54) is 23.9 Å². The SMILES string of the molecule is CCCCCCCN(C(=O)Nc1ccc(C(F)(F)F)cc1)c1cccc(Sc2ccc(CC(=O)O)cc2)c1. The number of nitrogens with one attached hydrogen (secondary N) is 1. The minimum atomic E-state index is -4.44. The minimum absolute atomic E-state index is 0.0400. The molecule has 0 unspecified atom stereocenters. The van der Waals surface area contributed by atoms with Crippen LogP contribution in [0, 0.1) is 0 Å². The van der Waals surface area contributed by atoms with E-state index >= 15 is 0 Å². The molecular weight excluding hydrogens is 513 g/mol. The van der Waals surface area contributed by atoms with Crippen LogP contribution in [0.4, 0.5) is 29.3 Å². The fourth-order valence-electron chi connectivity index (χ4n) is 3.86. The molecule has 0 heterocycles. The second-order valence-electron chi connectivity index (χ2n) is 8.88. The Morgan fingerprint density at radius 1 is 0.895 bits per heavy atom. The van der Waals surface area contributed by atoms with Crippen molar-refractivity contribution in [2.45, 2.75) is 61.4 Å². The van der Waals surface area contributed by atoms with Gasteiger partial charge in [0.25, 0.3) is 0 Å². The van der Waals surface area contributed by atoms with Crippen LogP contribution < -0.4 is 10.2 Å². The summed E-state index contributed by atoms with van der Waals surface area (Å²) in [5, 5.41) is 11.7. The van der Waals surface area contributed by atoms with Crippen molar-refractivity contribution >= 4 is 35.1 Å². The average Bonchev–Trinajstić information content (AvgIpc) is 2.87. The molecule has 0 spiro atoms. The number of carbonyl (C=O) groups is 2. The smallest absolute Gasteiger partial charge is 0.416 e. The number of urea groups is 1. The van der Waals surface area contributed by atoms with Crippen molar-refractivity contribution in [3.63, 3.8) is 0 Å². The summed E-state index contributed by atoms with van der Waals surface area (Å²) in [5.41, 5.74) is 0.900. The number of anilines is 2. The number of alkyl halides is 3. The summed E-state index contributed by atoms with van der Waals surface area (Å²) in [7, 11) is 0. The van der Waals surface area contributed by atoms with Gasteiger partial charge in [0.2, 0.25) is 0 Å². The molecule has 0 aromatic heterocycles. The van der Waals surface area contributed by atoms with Crippen molar-refractivity contribution in [1.29, 1.82) is 0 Å². The first-order valence-corrected chi connectivity index (χ1v) is 13.3. The van der Waals surface area contributed by atoms with Gasteiger partial charge in [-0.05, 0) is 66.6 Å². The van der Waals surface area contributed by atoms with Crippen LogP contribution in [0.5, 0.6) is 0 Å². The number of carboxylic acid groups (broad SMARTS) is 1. The fraction of sp³-hybridized carbons (Fsp3) is 0.310. The van der Waals surface area contributed by atoms with Gasteiger partial charge in [0.1, 0.15) is 0 Å². The van der Waals surface area contributed by atoms with Gasteiger partial charge in [-0.25, -0.2) is 4.79 Å². The lowest BCUT2D eigenvalue weighted by Crippen LogP contribution is -2.35. The predicted octanol–water partition coefficient (Wildman–Crippen LogP) is 8.49. The third kappa shape index (κ3) is 9.13. The summed E-state index contributed by atoms with van der Waals surface area (Å²) in [5.74, 6) is -0.887. The van der Waals surface area contributed by atoms with Crippen molar-refractivity contribution in [3.05, 3.63) is 83.9 Å². The standard InChI is InChI=1S/C29H31F3N2O3S/c1-2-3-4-5-6-18-34(28(37)33-23-14-12-22(13-15-23)29(30,31)32)24-8-7-9-26(20-24)38-25-16-10-21(11-17-25)19-27(35)36/h7-17,20H,2-6,18-19H2,1H3,(H,33,37)(H,35,36). The molecule has 0 radical (unpaired) electrons. The van der Waals surface area contributed by atoms with Crippen LogP contribution in [0.3, 0.4) is 0 Å². The highest BCUT2D eigenvalue weighted by atomic mass is 32.2. The number of nitrogens with zero attached hydrogens (tertiary/aromatic N) is 1. The summed E-state index contributed by atoms with van der Waals surface area (Å²) in [6.07, 6.45) is 0.573. The van der Waals surface area contributed by atoms with Crippen LogP contribution in [-0.4, -0.2) is 23.7 Å². The van der Waals surface area contributed by atoms with Gasteiger partial charge in [0.15, 0.2) is 0 Å². The van der Waals surface area contributed by atoms with Gasteiger partial charge in [-0.3, -0.25) is 9.69 Å². The number of unbranched alkanes of at least 4 members (excludes halogenated alkanes) is 4. The summed E-state index contributed by atoms with van der Waals surface area (Å²) in [6.45, 7) is 2.60. The molecule has 0 bridgehead atoms. The van der Waals surface area contributed by atoms with E-state index in [4.69, 9.17) is 5.11 Å². The van der Waals surface area contributed by atoms with Crippen LogP contribution in [0.25, 0.3) is 0 Å². The summed E-state index contributed by atoms with van der Waals surface area (Å²) in [4.78, 5) is 27.6. The average molecular weight is 545 g/mol. The molecule has 38 heavy (non-hydrogen) atoms. The van der Waals surface area contributed by atoms with Gasteiger partial charge in [-0.2, -0.15) is 13.2 Å². The lowest BCUT2D eigenvalue weighted by atomic mass is 10.1. The number of amides is 2. The molecule has 5 nitrogen and oxygen atoms in total. The topological polar surface area (TPSA) is 69.6 Å².